The predicted octanol–water partition coefficient (Wildman–Crippen LogP) is 24.6. The van der Waals surface area contributed by atoms with E-state index in [4.69, 9.17) is 14.2 Å². The van der Waals surface area contributed by atoms with E-state index in [1.165, 1.54) is 186 Å². The Morgan fingerprint density at radius 3 is 0.771 bits per heavy atom. The first-order valence-corrected chi connectivity index (χ1v) is 35.4. The molecule has 0 radical (unpaired) electrons. The standard InChI is InChI=1S/C77H132O6/c1-4-7-10-13-16-19-22-25-28-31-34-35-36-37-38-39-40-41-44-46-49-52-55-58-61-64-67-70-76(79)82-73-74(83-77(80)71-68-65-62-59-56-53-50-47-43-33-30-27-24-21-18-15-12-9-6-3)72-81-75(78)69-66-63-60-57-54-51-48-45-42-32-29-26-23-20-17-14-11-8-5-2/h7,10,16,18-19,21,25-30,34-35,37-38,43,47,74H,4-6,8-9,11-15,17,20,22-24,31-33,36,39-42,44-46,48-73H2,1-3H3/b10-7-,19-16-,21-18-,28-25-,29-26-,30-27-,35-34-,38-37-,47-43-. The Morgan fingerprint density at radius 2 is 0.470 bits per heavy atom. The van der Waals surface area contributed by atoms with E-state index in [1.54, 1.807) is 0 Å². The van der Waals surface area contributed by atoms with Crippen molar-refractivity contribution in [2.24, 2.45) is 0 Å². The van der Waals surface area contributed by atoms with Crippen LogP contribution in [0.5, 0.6) is 0 Å². The van der Waals surface area contributed by atoms with Gasteiger partial charge in [0, 0.05) is 19.3 Å². The minimum Gasteiger partial charge on any atom is -0.462 e. The van der Waals surface area contributed by atoms with Crippen LogP contribution in [-0.2, 0) is 28.6 Å². The normalized spacial score (nSPS) is 12.8. The number of ether oxygens (including phenoxy) is 3. The number of hydrogen-bond donors (Lipinski definition) is 0. The van der Waals surface area contributed by atoms with E-state index in [9.17, 15) is 14.4 Å². The van der Waals surface area contributed by atoms with E-state index in [0.29, 0.717) is 19.3 Å². The van der Waals surface area contributed by atoms with Gasteiger partial charge in [-0.1, -0.05) is 304 Å². The molecule has 83 heavy (non-hydrogen) atoms. The molecule has 0 spiro atoms. The Morgan fingerprint density at radius 1 is 0.253 bits per heavy atom. The molecule has 0 bridgehead atoms. The zero-order chi connectivity index (χ0) is 59.9. The summed E-state index contributed by atoms with van der Waals surface area (Å²) in [4.78, 5) is 38.5. The summed E-state index contributed by atoms with van der Waals surface area (Å²) in [7, 11) is 0. The van der Waals surface area contributed by atoms with Crippen molar-refractivity contribution < 1.29 is 28.6 Å². The summed E-state index contributed by atoms with van der Waals surface area (Å²) in [6.45, 7) is 6.52. The lowest BCUT2D eigenvalue weighted by Gasteiger charge is -2.18. The molecule has 0 fully saturated rings. The minimum atomic E-state index is -0.791. The Hall–Kier alpha value is -3.93. The molecule has 1 atom stereocenters. The largest absolute Gasteiger partial charge is 0.462 e. The number of rotatable bonds is 64. The van der Waals surface area contributed by atoms with Crippen molar-refractivity contribution in [1.29, 1.82) is 0 Å². The molecular weight excluding hydrogens is 1020 g/mol. The van der Waals surface area contributed by atoms with Crippen LogP contribution in [-0.4, -0.2) is 37.2 Å². The molecule has 476 valence electrons. The second-order valence-electron chi connectivity index (χ2n) is 23.4. The molecule has 0 amide bonds. The lowest BCUT2D eigenvalue weighted by atomic mass is 10.0. The van der Waals surface area contributed by atoms with Crippen molar-refractivity contribution in [1.82, 2.24) is 0 Å². The Kier molecular flexibility index (Phi) is 67.2. The van der Waals surface area contributed by atoms with Gasteiger partial charge in [-0.2, -0.15) is 0 Å². The minimum absolute atomic E-state index is 0.0842. The van der Waals surface area contributed by atoms with Crippen LogP contribution in [0.3, 0.4) is 0 Å². The SMILES string of the molecule is CC/C=C\C/C=C\C/C=C\C/C=C\C/C=C\CCCCCCCCCCCCCC(=O)OCC(COC(=O)CCCCCCCCCCC/C=C\CCCCCCCC)OC(=O)CCCCCCCC/C=C\C/C=C\C/C=C\CCCCC. The Labute approximate surface area is 514 Å². The van der Waals surface area contributed by atoms with Gasteiger partial charge < -0.3 is 14.2 Å². The third kappa shape index (κ3) is 68.7. The highest BCUT2D eigenvalue weighted by atomic mass is 16.6. The molecule has 0 aliphatic rings. The van der Waals surface area contributed by atoms with Crippen molar-refractivity contribution in [2.75, 3.05) is 13.2 Å². The first kappa shape index (κ1) is 79.1. The van der Waals surface area contributed by atoms with Crippen LogP contribution in [0.15, 0.2) is 109 Å². The van der Waals surface area contributed by atoms with E-state index in [-0.39, 0.29) is 31.1 Å². The maximum absolute atomic E-state index is 13.0. The quantitative estimate of drug-likeness (QED) is 0.0261. The van der Waals surface area contributed by atoms with Gasteiger partial charge in [-0.3, -0.25) is 14.4 Å². The van der Waals surface area contributed by atoms with Crippen LogP contribution < -0.4 is 0 Å². The average molecular weight is 1150 g/mol. The smallest absolute Gasteiger partial charge is 0.306 e. The zero-order valence-corrected chi connectivity index (χ0v) is 54.7. The van der Waals surface area contributed by atoms with Crippen LogP contribution in [0.4, 0.5) is 0 Å². The first-order chi connectivity index (χ1) is 41.0. The van der Waals surface area contributed by atoms with Crippen molar-refractivity contribution >= 4 is 17.9 Å². The lowest BCUT2D eigenvalue weighted by molar-refractivity contribution is -0.167. The number of carbonyl (C=O) groups is 3. The maximum Gasteiger partial charge on any atom is 0.306 e. The second kappa shape index (κ2) is 70.6. The summed E-state index contributed by atoms with van der Waals surface area (Å²) in [5.74, 6) is -0.888. The number of esters is 3. The van der Waals surface area contributed by atoms with E-state index in [2.05, 4.69) is 130 Å². The van der Waals surface area contributed by atoms with E-state index < -0.39 is 6.10 Å². The van der Waals surface area contributed by atoms with Gasteiger partial charge in [-0.05, 0) is 128 Å². The number of carbonyl (C=O) groups excluding carboxylic acids is 3. The van der Waals surface area contributed by atoms with Gasteiger partial charge >= 0.3 is 17.9 Å². The van der Waals surface area contributed by atoms with Gasteiger partial charge in [0.15, 0.2) is 6.10 Å². The van der Waals surface area contributed by atoms with Crippen LogP contribution in [0.1, 0.15) is 342 Å². The summed E-state index contributed by atoms with van der Waals surface area (Å²) in [6, 6.07) is 0. The van der Waals surface area contributed by atoms with Gasteiger partial charge in [0.25, 0.3) is 0 Å². The van der Waals surface area contributed by atoms with Crippen LogP contribution in [0.25, 0.3) is 0 Å². The van der Waals surface area contributed by atoms with Crippen LogP contribution in [0.2, 0.25) is 0 Å². The highest BCUT2D eigenvalue weighted by molar-refractivity contribution is 5.71. The highest BCUT2D eigenvalue weighted by Gasteiger charge is 2.19. The van der Waals surface area contributed by atoms with Crippen LogP contribution in [0, 0.1) is 0 Å². The van der Waals surface area contributed by atoms with Crippen molar-refractivity contribution in [3.05, 3.63) is 109 Å². The Balaban J connectivity index is 4.37. The molecule has 1 unspecified atom stereocenters. The highest BCUT2D eigenvalue weighted by Crippen LogP contribution is 2.17. The molecule has 0 saturated heterocycles. The number of allylic oxidation sites excluding steroid dienone is 18. The molecule has 0 aromatic carbocycles. The fraction of sp³-hybridized carbons (Fsp3) is 0.727. The van der Waals surface area contributed by atoms with Crippen molar-refractivity contribution in [3.63, 3.8) is 0 Å². The first-order valence-electron chi connectivity index (χ1n) is 35.4. The lowest BCUT2D eigenvalue weighted by Crippen LogP contribution is -2.30. The van der Waals surface area contributed by atoms with Crippen molar-refractivity contribution in [3.8, 4) is 0 Å². The molecule has 0 aliphatic heterocycles. The maximum atomic E-state index is 13.0. The molecule has 0 rings (SSSR count). The third-order valence-electron chi connectivity index (χ3n) is 15.2. The van der Waals surface area contributed by atoms with Gasteiger partial charge in [0.05, 0.1) is 0 Å². The number of unbranched alkanes of at least 4 members (excludes halogenated alkanes) is 35. The summed E-state index contributed by atoms with van der Waals surface area (Å²) in [5, 5.41) is 0. The van der Waals surface area contributed by atoms with E-state index in [1.807, 2.05) is 0 Å². The average Bonchev–Trinajstić information content (AvgIpc) is 3.50. The second-order valence-corrected chi connectivity index (χ2v) is 23.4. The topological polar surface area (TPSA) is 78.9 Å². The molecule has 0 N–H and O–H groups in total. The molecule has 0 aromatic rings. The summed E-state index contributed by atoms with van der Waals surface area (Å²) in [5.41, 5.74) is 0. The number of hydrogen-bond acceptors (Lipinski definition) is 6. The van der Waals surface area contributed by atoms with Gasteiger partial charge in [0.1, 0.15) is 13.2 Å². The molecule has 0 heterocycles. The molecule has 6 heteroatoms. The third-order valence-corrected chi connectivity index (χ3v) is 15.2. The van der Waals surface area contributed by atoms with Gasteiger partial charge in [-0.15, -0.1) is 0 Å². The van der Waals surface area contributed by atoms with Crippen molar-refractivity contribution in [2.45, 2.75) is 348 Å². The molecule has 0 saturated carbocycles. The summed E-state index contributed by atoms with van der Waals surface area (Å²) in [6.07, 6.45) is 96.7. The molecule has 6 nitrogen and oxygen atoms in total. The van der Waals surface area contributed by atoms with Gasteiger partial charge in [-0.25, -0.2) is 0 Å². The monoisotopic (exact) mass is 1150 g/mol. The zero-order valence-electron chi connectivity index (χ0n) is 54.7. The fourth-order valence-electron chi connectivity index (χ4n) is 9.94. The summed E-state index contributed by atoms with van der Waals surface area (Å²) < 4.78 is 17.0. The molecule has 0 aliphatic carbocycles. The van der Waals surface area contributed by atoms with Gasteiger partial charge in [0.2, 0.25) is 0 Å². The van der Waals surface area contributed by atoms with E-state index >= 15 is 0 Å². The summed E-state index contributed by atoms with van der Waals surface area (Å²) >= 11 is 0. The molecular formula is C77H132O6. The Bertz CT molecular complexity index is 1660. The molecule has 0 aromatic heterocycles. The predicted molar refractivity (Wildman–Crippen MR) is 362 cm³/mol. The van der Waals surface area contributed by atoms with Crippen LogP contribution >= 0.6 is 0 Å². The fourth-order valence-corrected chi connectivity index (χ4v) is 9.94. The van der Waals surface area contributed by atoms with E-state index in [0.717, 1.165) is 116 Å².